The van der Waals surface area contributed by atoms with Crippen LogP contribution >= 0.6 is 0 Å². The number of hydrogen-bond donors (Lipinski definition) is 2. The summed E-state index contributed by atoms with van der Waals surface area (Å²) in [7, 11) is 0. The molecule has 0 saturated carbocycles. The summed E-state index contributed by atoms with van der Waals surface area (Å²) in [6, 6.07) is 0. The fourth-order valence-corrected chi connectivity index (χ4v) is 0.450. The zero-order valence-electron chi connectivity index (χ0n) is 6.07. The van der Waals surface area contributed by atoms with Gasteiger partial charge in [-0.05, 0) is 13.8 Å². The molecule has 4 heteroatoms. The maximum atomic E-state index is 10.1. The van der Waals surface area contributed by atoms with E-state index in [1.807, 2.05) is 0 Å². The van der Waals surface area contributed by atoms with Crippen molar-refractivity contribution in [2.75, 3.05) is 6.61 Å². The molecule has 0 radical (unpaired) electrons. The lowest BCUT2D eigenvalue weighted by Crippen LogP contribution is -2.26. The van der Waals surface area contributed by atoms with Crippen LogP contribution in [0.3, 0.4) is 0 Å². The SMILES string of the molecule is CC(CO)OC(C)C(=O)O. The monoisotopic (exact) mass is 148 g/mol. The number of rotatable bonds is 4. The second-order valence-corrected chi connectivity index (χ2v) is 2.11. The van der Waals surface area contributed by atoms with Crippen molar-refractivity contribution in [1.82, 2.24) is 0 Å². The Kier molecular flexibility index (Phi) is 3.99. The summed E-state index contributed by atoms with van der Waals surface area (Å²) in [5, 5.41) is 16.8. The third kappa shape index (κ3) is 3.42. The van der Waals surface area contributed by atoms with Crippen molar-refractivity contribution < 1.29 is 19.7 Å². The number of carbonyl (C=O) groups is 1. The van der Waals surface area contributed by atoms with Crippen LogP contribution in [0.2, 0.25) is 0 Å². The molecule has 0 aromatic heterocycles. The minimum absolute atomic E-state index is 0.155. The van der Waals surface area contributed by atoms with Gasteiger partial charge in [-0.25, -0.2) is 4.79 Å². The molecule has 0 bridgehead atoms. The minimum atomic E-state index is -1.01. The Morgan fingerprint density at radius 1 is 1.60 bits per heavy atom. The lowest BCUT2D eigenvalue weighted by molar-refractivity contribution is -0.153. The average Bonchev–Trinajstić information content (AvgIpc) is 1.87. The fourth-order valence-electron chi connectivity index (χ4n) is 0.450. The average molecular weight is 148 g/mol. The van der Waals surface area contributed by atoms with Crippen molar-refractivity contribution in [3.63, 3.8) is 0 Å². The molecule has 0 rings (SSSR count). The Morgan fingerprint density at radius 2 is 2.10 bits per heavy atom. The zero-order chi connectivity index (χ0) is 8.15. The Balaban J connectivity index is 3.56. The van der Waals surface area contributed by atoms with Gasteiger partial charge < -0.3 is 14.9 Å². The number of aliphatic hydroxyl groups excluding tert-OH is 1. The topological polar surface area (TPSA) is 66.8 Å². The van der Waals surface area contributed by atoms with E-state index >= 15 is 0 Å². The number of carboxylic acids is 1. The smallest absolute Gasteiger partial charge is 0.332 e. The molecule has 0 saturated heterocycles. The van der Waals surface area contributed by atoms with Gasteiger partial charge >= 0.3 is 5.97 Å². The lowest BCUT2D eigenvalue weighted by Gasteiger charge is -2.12. The van der Waals surface area contributed by atoms with Crippen LogP contribution in [0.5, 0.6) is 0 Å². The van der Waals surface area contributed by atoms with E-state index in [1.165, 1.54) is 6.92 Å². The van der Waals surface area contributed by atoms with E-state index < -0.39 is 18.2 Å². The summed E-state index contributed by atoms with van der Waals surface area (Å²) in [6.45, 7) is 2.88. The van der Waals surface area contributed by atoms with Crippen LogP contribution in [0.1, 0.15) is 13.8 Å². The second-order valence-electron chi connectivity index (χ2n) is 2.11. The van der Waals surface area contributed by atoms with Crippen molar-refractivity contribution in [3.05, 3.63) is 0 Å². The molecular weight excluding hydrogens is 136 g/mol. The molecule has 2 N–H and O–H groups in total. The van der Waals surface area contributed by atoms with E-state index in [9.17, 15) is 4.79 Å². The molecule has 0 aromatic carbocycles. The molecule has 2 unspecified atom stereocenters. The highest BCUT2D eigenvalue weighted by Crippen LogP contribution is 1.96. The van der Waals surface area contributed by atoms with Gasteiger partial charge in [0.05, 0.1) is 12.7 Å². The van der Waals surface area contributed by atoms with Gasteiger partial charge in [0, 0.05) is 0 Å². The first-order valence-corrected chi connectivity index (χ1v) is 3.07. The molecule has 0 amide bonds. The predicted octanol–water partition coefficient (Wildman–Crippen LogP) is -0.143. The Bertz CT molecular complexity index is 112. The van der Waals surface area contributed by atoms with Gasteiger partial charge in [0.25, 0.3) is 0 Å². The van der Waals surface area contributed by atoms with Crippen molar-refractivity contribution in [1.29, 1.82) is 0 Å². The normalized spacial score (nSPS) is 16.3. The molecule has 60 valence electrons. The van der Waals surface area contributed by atoms with Crippen molar-refractivity contribution >= 4 is 5.97 Å². The van der Waals surface area contributed by atoms with E-state index in [0.29, 0.717) is 0 Å². The van der Waals surface area contributed by atoms with E-state index in [1.54, 1.807) is 6.92 Å². The van der Waals surface area contributed by atoms with Gasteiger partial charge in [-0.2, -0.15) is 0 Å². The van der Waals surface area contributed by atoms with Gasteiger partial charge in [-0.15, -0.1) is 0 Å². The highest BCUT2D eigenvalue weighted by atomic mass is 16.5. The first kappa shape index (κ1) is 9.39. The first-order chi connectivity index (χ1) is 4.57. The molecule has 0 aliphatic rings. The van der Waals surface area contributed by atoms with Crippen molar-refractivity contribution in [2.24, 2.45) is 0 Å². The Hall–Kier alpha value is -0.610. The van der Waals surface area contributed by atoms with Crippen LogP contribution < -0.4 is 0 Å². The molecule has 10 heavy (non-hydrogen) atoms. The van der Waals surface area contributed by atoms with Gasteiger partial charge in [-0.3, -0.25) is 0 Å². The molecule has 0 aliphatic heterocycles. The number of carboxylic acid groups (broad SMARTS) is 1. The highest BCUT2D eigenvalue weighted by Gasteiger charge is 2.13. The van der Waals surface area contributed by atoms with Crippen LogP contribution in [0, 0.1) is 0 Å². The zero-order valence-corrected chi connectivity index (χ0v) is 6.07. The largest absolute Gasteiger partial charge is 0.479 e. The van der Waals surface area contributed by atoms with Crippen molar-refractivity contribution in [3.8, 4) is 0 Å². The van der Waals surface area contributed by atoms with E-state index in [4.69, 9.17) is 14.9 Å². The number of aliphatic hydroxyl groups is 1. The standard InChI is InChI=1S/C6H12O4/c1-4(3-7)10-5(2)6(8)9/h4-5,7H,3H2,1-2H3,(H,8,9). The summed E-state index contributed by atoms with van der Waals surface area (Å²) >= 11 is 0. The van der Waals surface area contributed by atoms with Crippen LogP contribution in [0.15, 0.2) is 0 Å². The minimum Gasteiger partial charge on any atom is -0.479 e. The Labute approximate surface area is 59.4 Å². The molecule has 0 spiro atoms. The summed E-state index contributed by atoms with van der Waals surface area (Å²) in [6.07, 6.45) is -1.26. The van der Waals surface area contributed by atoms with E-state index in [-0.39, 0.29) is 6.61 Å². The fraction of sp³-hybridized carbons (Fsp3) is 0.833. The maximum Gasteiger partial charge on any atom is 0.332 e. The summed E-state index contributed by atoms with van der Waals surface area (Å²) in [5.74, 6) is -1.01. The van der Waals surface area contributed by atoms with Gasteiger partial charge in [0.1, 0.15) is 0 Å². The number of aliphatic carboxylic acids is 1. The van der Waals surface area contributed by atoms with Gasteiger partial charge in [0.2, 0.25) is 0 Å². The van der Waals surface area contributed by atoms with Crippen LogP contribution in [-0.2, 0) is 9.53 Å². The quantitative estimate of drug-likeness (QED) is 0.582. The molecule has 0 aromatic rings. The predicted molar refractivity (Wildman–Crippen MR) is 34.7 cm³/mol. The van der Waals surface area contributed by atoms with Gasteiger partial charge in [-0.1, -0.05) is 0 Å². The molecular formula is C6H12O4. The van der Waals surface area contributed by atoms with Crippen LogP contribution in [0.25, 0.3) is 0 Å². The third-order valence-corrected chi connectivity index (χ3v) is 1.04. The molecule has 0 heterocycles. The Morgan fingerprint density at radius 3 is 2.40 bits per heavy atom. The number of hydrogen-bond acceptors (Lipinski definition) is 3. The first-order valence-electron chi connectivity index (χ1n) is 3.07. The molecule has 0 aliphatic carbocycles. The van der Waals surface area contributed by atoms with Crippen LogP contribution in [-0.4, -0.2) is 35.0 Å². The van der Waals surface area contributed by atoms with Crippen LogP contribution in [0.4, 0.5) is 0 Å². The number of ether oxygens (including phenoxy) is 1. The van der Waals surface area contributed by atoms with Crippen molar-refractivity contribution in [2.45, 2.75) is 26.1 Å². The third-order valence-electron chi connectivity index (χ3n) is 1.04. The van der Waals surface area contributed by atoms with Gasteiger partial charge in [0.15, 0.2) is 6.10 Å². The van der Waals surface area contributed by atoms with E-state index in [2.05, 4.69) is 0 Å². The summed E-state index contributed by atoms with van der Waals surface area (Å²) in [5.41, 5.74) is 0. The lowest BCUT2D eigenvalue weighted by atomic mass is 10.4. The molecule has 2 atom stereocenters. The second kappa shape index (κ2) is 4.24. The van der Waals surface area contributed by atoms with E-state index in [0.717, 1.165) is 0 Å². The summed E-state index contributed by atoms with van der Waals surface area (Å²) < 4.78 is 4.81. The molecule has 0 fully saturated rings. The summed E-state index contributed by atoms with van der Waals surface area (Å²) in [4.78, 5) is 10.1. The highest BCUT2D eigenvalue weighted by molar-refractivity contribution is 5.71. The molecule has 4 nitrogen and oxygen atoms in total. The maximum absolute atomic E-state index is 10.1.